The van der Waals surface area contributed by atoms with Crippen LogP contribution in [-0.4, -0.2) is 0 Å². The molecule has 0 nitrogen and oxygen atoms in total. The molecule has 0 amide bonds. The van der Waals surface area contributed by atoms with E-state index in [4.69, 9.17) is 0 Å². The Morgan fingerprint density at radius 3 is 2.75 bits per heavy atom. The summed E-state index contributed by atoms with van der Waals surface area (Å²) >= 11 is 0. The molecule has 16 heavy (non-hydrogen) atoms. The lowest BCUT2D eigenvalue weighted by Gasteiger charge is -2.63. The topological polar surface area (TPSA) is 0 Å². The molecule has 0 aromatic heterocycles. The van der Waals surface area contributed by atoms with Gasteiger partial charge in [-0.2, -0.15) is 0 Å². The highest BCUT2D eigenvalue weighted by Gasteiger charge is 2.83. The van der Waals surface area contributed by atoms with Crippen molar-refractivity contribution >= 4 is 0 Å². The zero-order chi connectivity index (χ0) is 10.7. The first-order chi connectivity index (χ1) is 7.77. The molecule has 5 aliphatic carbocycles. The van der Waals surface area contributed by atoms with Crippen molar-refractivity contribution in [2.75, 3.05) is 0 Å². The van der Waals surface area contributed by atoms with E-state index >= 15 is 0 Å². The molecule has 0 heteroatoms. The van der Waals surface area contributed by atoms with Crippen LogP contribution in [0.5, 0.6) is 0 Å². The van der Waals surface area contributed by atoms with E-state index in [0.717, 1.165) is 28.6 Å². The maximum Gasteiger partial charge on any atom is -0.0224 e. The molecule has 0 heterocycles. The van der Waals surface area contributed by atoms with Gasteiger partial charge in [0.15, 0.2) is 0 Å². The van der Waals surface area contributed by atoms with Gasteiger partial charge in [-0.05, 0) is 78.4 Å². The summed E-state index contributed by atoms with van der Waals surface area (Å²) in [5.41, 5.74) is 1.76. The van der Waals surface area contributed by atoms with E-state index in [2.05, 4.69) is 13.8 Å². The molecule has 5 aliphatic rings. The van der Waals surface area contributed by atoms with Crippen LogP contribution in [0.4, 0.5) is 0 Å². The van der Waals surface area contributed by atoms with Crippen LogP contribution in [0, 0.1) is 46.3 Å². The highest BCUT2D eigenvalue weighted by atomic mass is 14.9. The third-order valence-corrected chi connectivity index (χ3v) is 8.39. The molecular formula is C16H24. The van der Waals surface area contributed by atoms with Crippen molar-refractivity contribution in [1.29, 1.82) is 0 Å². The molecular weight excluding hydrogens is 192 g/mol. The van der Waals surface area contributed by atoms with Gasteiger partial charge in [0, 0.05) is 0 Å². The first kappa shape index (κ1) is 9.00. The standard InChI is InChI=1S/C16H24/c1-3-10-13-7-16-8-15(13,4-2)9-5-11(14(10)16)12(16)6-9/h9-14H,3-8H2,1-2H3. The molecule has 5 bridgehead atoms. The van der Waals surface area contributed by atoms with Crippen molar-refractivity contribution in [1.82, 2.24) is 0 Å². The molecule has 8 unspecified atom stereocenters. The van der Waals surface area contributed by atoms with Gasteiger partial charge in [-0.1, -0.05) is 20.3 Å². The van der Waals surface area contributed by atoms with E-state index in [1.807, 2.05) is 0 Å². The zero-order valence-corrected chi connectivity index (χ0v) is 10.7. The van der Waals surface area contributed by atoms with Crippen molar-refractivity contribution < 1.29 is 0 Å². The van der Waals surface area contributed by atoms with Gasteiger partial charge in [-0.15, -0.1) is 0 Å². The van der Waals surface area contributed by atoms with Gasteiger partial charge >= 0.3 is 0 Å². The van der Waals surface area contributed by atoms with Gasteiger partial charge in [0.25, 0.3) is 0 Å². The Hall–Kier alpha value is 0. The Morgan fingerprint density at radius 1 is 1.12 bits per heavy atom. The summed E-state index contributed by atoms with van der Waals surface area (Å²) in [7, 11) is 0. The summed E-state index contributed by atoms with van der Waals surface area (Å²) in [4.78, 5) is 0. The van der Waals surface area contributed by atoms with Crippen LogP contribution in [0.2, 0.25) is 0 Å². The van der Waals surface area contributed by atoms with Crippen molar-refractivity contribution in [3.05, 3.63) is 0 Å². The van der Waals surface area contributed by atoms with Gasteiger partial charge in [0.1, 0.15) is 0 Å². The van der Waals surface area contributed by atoms with Crippen molar-refractivity contribution in [2.24, 2.45) is 46.3 Å². The van der Waals surface area contributed by atoms with Crippen LogP contribution >= 0.6 is 0 Å². The second kappa shape index (κ2) is 2.27. The quantitative estimate of drug-likeness (QED) is 0.652. The van der Waals surface area contributed by atoms with E-state index < -0.39 is 0 Å². The number of rotatable bonds is 2. The molecule has 0 radical (unpaired) electrons. The maximum atomic E-state index is 2.51. The summed E-state index contributed by atoms with van der Waals surface area (Å²) in [6.07, 6.45) is 9.65. The predicted octanol–water partition coefficient (Wildman–Crippen LogP) is 4.10. The monoisotopic (exact) mass is 216 g/mol. The minimum absolute atomic E-state index is 0.846. The lowest BCUT2D eigenvalue weighted by atomic mass is 9.41. The van der Waals surface area contributed by atoms with Crippen LogP contribution in [0.3, 0.4) is 0 Å². The third-order valence-electron chi connectivity index (χ3n) is 8.39. The normalized spacial score (nSPS) is 72.4. The minimum Gasteiger partial charge on any atom is -0.0651 e. The summed E-state index contributed by atoms with van der Waals surface area (Å²) in [5, 5.41) is 0. The molecule has 0 aliphatic heterocycles. The Morgan fingerprint density at radius 2 is 2.00 bits per heavy atom. The third kappa shape index (κ3) is 0.578. The SMILES string of the molecule is CCC1C2CC34CC2(CC)C2CC(C3C2)C14. The Bertz CT molecular complexity index is 372. The van der Waals surface area contributed by atoms with Crippen LogP contribution in [-0.2, 0) is 0 Å². The number of fused-ring (bicyclic) bond motifs is 6. The lowest BCUT2D eigenvalue weighted by molar-refractivity contribution is -0.154. The maximum absolute atomic E-state index is 2.51. The first-order valence-electron chi connectivity index (χ1n) is 7.77. The second-order valence-electron chi connectivity index (χ2n) is 7.84. The highest BCUT2D eigenvalue weighted by Crippen LogP contribution is 2.89. The molecule has 0 N–H and O–H groups in total. The molecule has 0 aromatic carbocycles. The number of hydrogen-bond acceptors (Lipinski definition) is 0. The summed E-state index contributed by atoms with van der Waals surface area (Å²) in [6, 6.07) is 0. The molecule has 1 spiro atoms. The molecule has 0 saturated heterocycles. The second-order valence-corrected chi connectivity index (χ2v) is 7.84. The van der Waals surface area contributed by atoms with Gasteiger partial charge in [0.05, 0.1) is 0 Å². The first-order valence-corrected chi connectivity index (χ1v) is 7.77. The highest BCUT2D eigenvalue weighted by molar-refractivity contribution is 5.31. The van der Waals surface area contributed by atoms with Crippen LogP contribution < -0.4 is 0 Å². The molecule has 88 valence electrons. The van der Waals surface area contributed by atoms with E-state index in [1.54, 1.807) is 25.7 Å². The molecule has 5 rings (SSSR count). The van der Waals surface area contributed by atoms with Crippen LogP contribution in [0.1, 0.15) is 52.4 Å². The zero-order valence-electron chi connectivity index (χ0n) is 10.7. The van der Waals surface area contributed by atoms with E-state index in [-0.39, 0.29) is 0 Å². The lowest BCUT2D eigenvalue weighted by Crippen LogP contribution is -2.57. The smallest absolute Gasteiger partial charge is 0.0224 e. The minimum atomic E-state index is 0.846. The van der Waals surface area contributed by atoms with Gasteiger partial charge in [-0.3, -0.25) is 0 Å². The fourth-order valence-corrected chi connectivity index (χ4v) is 8.35. The molecule has 0 aromatic rings. The van der Waals surface area contributed by atoms with Crippen molar-refractivity contribution in [2.45, 2.75) is 52.4 Å². The van der Waals surface area contributed by atoms with E-state index in [9.17, 15) is 0 Å². The molecule has 5 fully saturated rings. The Kier molecular flexibility index (Phi) is 1.28. The molecule has 8 atom stereocenters. The Labute approximate surface area is 99.2 Å². The summed E-state index contributed by atoms with van der Waals surface area (Å²) < 4.78 is 0. The fourth-order valence-electron chi connectivity index (χ4n) is 8.35. The average Bonchev–Trinajstić information content (AvgIpc) is 2.82. The van der Waals surface area contributed by atoms with E-state index in [1.165, 1.54) is 30.6 Å². The van der Waals surface area contributed by atoms with Crippen LogP contribution in [0.25, 0.3) is 0 Å². The van der Waals surface area contributed by atoms with Gasteiger partial charge in [-0.25, -0.2) is 0 Å². The van der Waals surface area contributed by atoms with Crippen LogP contribution in [0.15, 0.2) is 0 Å². The summed E-state index contributed by atoms with van der Waals surface area (Å²) in [5.74, 6) is 7.10. The predicted molar refractivity (Wildman–Crippen MR) is 64.9 cm³/mol. The van der Waals surface area contributed by atoms with Gasteiger partial charge in [0.2, 0.25) is 0 Å². The van der Waals surface area contributed by atoms with E-state index in [0.29, 0.717) is 0 Å². The largest absolute Gasteiger partial charge is 0.0651 e. The summed E-state index contributed by atoms with van der Waals surface area (Å²) in [6.45, 7) is 4.99. The molecule has 5 saturated carbocycles. The average molecular weight is 216 g/mol. The Balaban J connectivity index is 1.75. The number of hydrogen-bond donors (Lipinski definition) is 0. The van der Waals surface area contributed by atoms with Crippen molar-refractivity contribution in [3.8, 4) is 0 Å². The fraction of sp³-hybridized carbons (Fsp3) is 1.00. The van der Waals surface area contributed by atoms with Crippen molar-refractivity contribution in [3.63, 3.8) is 0 Å². The van der Waals surface area contributed by atoms with Gasteiger partial charge < -0.3 is 0 Å².